The Bertz CT molecular complexity index is 675. The first kappa shape index (κ1) is 17.8. The molecule has 0 radical (unpaired) electrons. The monoisotopic (exact) mass is 436 g/mol. The van der Waals surface area contributed by atoms with Gasteiger partial charge in [0, 0.05) is 0 Å². The molecule has 1 aromatic carbocycles. The minimum absolute atomic E-state index is 0.153. The number of nitrogens with zero attached hydrogens (tertiary/aromatic N) is 2. The van der Waals surface area contributed by atoms with Gasteiger partial charge in [-0.25, -0.2) is 0 Å². The second-order valence-corrected chi connectivity index (χ2v) is 23.3. The van der Waals surface area contributed by atoms with Crippen molar-refractivity contribution in [2.75, 3.05) is 13.2 Å². The molecular formula is C19H28N2O2Sn. The Morgan fingerprint density at radius 1 is 0.833 bits per heavy atom. The van der Waals surface area contributed by atoms with Crippen molar-refractivity contribution in [2.45, 2.75) is 53.6 Å². The first-order chi connectivity index (χ1) is 11.0. The molecule has 2 aliphatic heterocycles. The third-order valence-electron chi connectivity index (χ3n) is 4.21. The summed E-state index contributed by atoms with van der Waals surface area (Å²) in [5.41, 5.74) is 1.97. The first-order valence-electron chi connectivity index (χ1n) is 8.58. The Kier molecular flexibility index (Phi) is 4.26. The summed E-state index contributed by atoms with van der Waals surface area (Å²) in [5, 5.41) is 0. The van der Waals surface area contributed by atoms with Crippen LogP contribution in [0.15, 0.2) is 28.2 Å². The summed E-state index contributed by atoms with van der Waals surface area (Å²) in [6, 6.07) is 6.35. The fourth-order valence-electron chi connectivity index (χ4n) is 3.16. The molecule has 0 aromatic heterocycles. The number of hydrogen-bond donors (Lipinski definition) is 0. The Morgan fingerprint density at radius 3 is 1.54 bits per heavy atom. The van der Waals surface area contributed by atoms with Gasteiger partial charge in [0.05, 0.1) is 0 Å². The van der Waals surface area contributed by atoms with Gasteiger partial charge in [-0.15, -0.1) is 0 Å². The van der Waals surface area contributed by atoms with Crippen LogP contribution in [0.25, 0.3) is 0 Å². The molecule has 0 saturated carbocycles. The molecule has 0 atom stereocenters. The van der Waals surface area contributed by atoms with Gasteiger partial charge in [-0.1, -0.05) is 0 Å². The van der Waals surface area contributed by atoms with Gasteiger partial charge < -0.3 is 0 Å². The van der Waals surface area contributed by atoms with Gasteiger partial charge in [-0.3, -0.25) is 0 Å². The standard InChI is InChI=1S/C16H19N2O2.3CH3.Sn/c1-15(2)9-19-13(17-15)11-6-5-7-12(8-11)14-18-16(3,4)10-20-14;;;;/h5-7H,9-10H2,1-4H3;3*1H3;. The van der Waals surface area contributed by atoms with Crippen molar-refractivity contribution in [2.24, 2.45) is 9.98 Å². The van der Waals surface area contributed by atoms with Crippen molar-refractivity contribution in [3.05, 3.63) is 29.3 Å². The average Bonchev–Trinajstić information content (AvgIpc) is 2.99. The molecule has 0 N–H and O–H groups in total. The summed E-state index contributed by atoms with van der Waals surface area (Å²) >= 11 is -2.49. The summed E-state index contributed by atoms with van der Waals surface area (Å²) in [7, 11) is 0. The normalized spacial score (nSPS) is 21.8. The quantitative estimate of drug-likeness (QED) is 0.684. The molecular weight excluding hydrogens is 407 g/mol. The topological polar surface area (TPSA) is 43.2 Å². The van der Waals surface area contributed by atoms with Crippen molar-refractivity contribution in [3.63, 3.8) is 0 Å². The molecule has 0 amide bonds. The van der Waals surface area contributed by atoms with Crippen LogP contribution in [0.1, 0.15) is 38.8 Å². The number of rotatable bonds is 3. The van der Waals surface area contributed by atoms with E-state index >= 15 is 0 Å². The van der Waals surface area contributed by atoms with Crippen LogP contribution in [0, 0.1) is 0 Å². The number of ether oxygens (including phenoxy) is 2. The summed E-state index contributed by atoms with van der Waals surface area (Å²) in [5.74, 6) is 1.56. The zero-order chi connectivity index (χ0) is 17.8. The van der Waals surface area contributed by atoms with E-state index in [-0.39, 0.29) is 11.1 Å². The molecule has 24 heavy (non-hydrogen) atoms. The predicted octanol–water partition coefficient (Wildman–Crippen LogP) is 3.34. The van der Waals surface area contributed by atoms with Crippen molar-refractivity contribution >= 4 is 33.8 Å². The molecule has 0 spiro atoms. The molecule has 1 aromatic rings. The van der Waals surface area contributed by atoms with E-state index in [1.807, 2.05) is 0 Å². The third-order valence-corrected chi connectivity index (χ3v) is 10.0. The molecule has 2 heterocycles. The molecule has 0 aliphatic carbocycles. The van der Waals surface area contributed by atoms with Crippen LogP contribution >= 0.6 is 0 Å². The van der Waals surface area contributed by atoms with Gasteiger partial charge >= 0.3 is 149 Å². The molecule has 5 heteroatoms. The Labute approximate surface area is 149 Å². The summed E-state index contributed by atoms with van der Waals surface area (Å²) in [4.78, 5) is 16.9. The fraction of sp³-hybridized carbons (Fsp3) is 0.579. The maximum absolute atomic E-state index is 5.95. The van der Waals surface area contributed by atoms with Crippen LogP contribution in [-0.4, -0.2) is 54.5 Å². The van der Waals surface area contributed by atoms with E-state index in [2.05, 4.69) is 60.7 Å². The number of hydrogen-bond acceptors (Lipinski definition) is 4. The van der Waals surface area contributed by atoms with Crippen LogP contribution in [0.4, 0.5) is 0 Å². The van der Waals surface area contributed by atoms with E-state index in [0.29, 0.717) is 13.2 Å². The van der Waals surface area contributed by atoms with Gasteiger partial charge in [0.25, 0.3) is 0 Å². The van der Waals surface area contributed by atoms with E-state index in [1.165, 1.54) is 3.58 Å². The summed E-state index contributed by atoms with van der Waals surface area (Å²) < 4.78 is 13.3. The van der Waals surface area contributed by atoms with Crippen LogP contribution in [-0.2, 0) is 9.47 Å². The molecule has 3 rings (SSSR count). The zero-order valence-corrected chi connectivity index (χ0v) is 18.7. The van der Waals surface area contributed by atoms with E-state index in [4.69, 9.17) is 19.5 Å². The van der Waals surface area contributed by atoms with Crippen LogP contribution in [0.3, 0.4) is 0 Å². The van der Waals surface area contributed by atoms with Gasteiger partial charge in [0.15, 0.2) is 0 Å². The predicted molar refractivity (Wildman–Crippen MR) is 103 cm³/mol. The molecule has 4 nitrogen and oxygen atoms in total. The maximum atomic E-state index is 5.95. The van der Waals surface area contributed by atoms with E-state index in [1.54, 1.807) is 0 Å². The summed E-state index contributed by atoms with van der Waals surface area (Å²) in [6.07, 6.45) is 0. The fourth-order valence-corrected chi connectivity index (χ4v) is 8.86. The molecule has 0 bridgehead atoms. The molecule has 130 valence electrons. The zero-order valence-electron chi connectivity index (χ0n) is 15.9. The van der Waals surface area contributed by atoms with Crippen LogP contribution in [0.2, 0.25) is 14.8 Å². The Morgan fingerprint density at radius 2 is 1.25 bits per heavy atom. The third kappa shape index (κ3) is 3.48. The first-order valence-corrected chi connectivity index (χ1v) is 18.6. The van der Waals surface area contributed by atoms with Crippen molar-refractivity contribution < 1.29 is 9.47 Å². The van der Waals surface area contributed by atoms with Gasteiger partial charge in [0.2, 0.25) is 0 Å². The van der Waals surface area contributed by atoms with Crippen LogP contribution < -0.4 is 3.58 Å². The van der Waals surface area contributed by atoms with Gasteiger partial charge in [0.1, 0.15) is 0 Å². The van der Waals surface area contributed by atoms with Crippen molar-refractivity contribution in [1.29, 1.82) is 0 Å². The van der Waals surface area contributed by atoms with Gasteiger partial charge in [-0.2, -0.15) is 0 Å². The molecule has 0 unspecified atom stereocenters. The Hall–Kier alpha value is -1.04. The average molecular weight is 435 g/mol. The second-order valence-electron chi connectivity index (χ2n) is 9.01. The Balaban J connectivity index is 2.17. The van der Waals surface area contributed by atoms with Gasteiger partial charge in [-0.05, 0) is 0 Å². The number of aliphatic imine (C=N–C) groups is 2. The summed E-state index contributed by atoms with van der Waals surface area (Å²) in [6.45, 7) is 9.70. The minimum atomic E-state index is -2.49. The van der Waals surface area contributed by atoms with Crippen molar-refractivity contribution in [3.8, 4) is 0 Å². The second kappa shape index (κ2) is 5.75. The van der Waals surface area contributed by atoms with E-state index in [0.717, 1.165) is 22.9 Å². The van der Waals surface area contributed by atoms with Crippen LogP contribution in [0.5, 0.6) is 0 Å². The SMILES string of the molecule is CC1(C)COC(c2cccc(C3=NC(C)(C)CO3)[c]2[Sn]([CH3])([CH3])[CH3])=N1. The molecule has 0 fully saturated rings. The molecule has 0 saturated heterocycles. The molecule has 2 aliphatic rings. The number of benzene rings is 1. The van der Waals surface area contributed by atoms with Crippen molar-refractivity contribution in [1.82, 2.24) is 0 Å². The van der Waals surface area contributed by atoms with E-state index < -0.39 is 18.4 Å². The van der Waals surface area contributed by atoms with E-state index in [9.17, 15) is 0 Å².